The maximum Gasteiger partial charge on any atom is 0.466 e. The summed E-state index contributed by atoms with van der Waals surface area (Å²) >= 11 is 0. The predicted octanol–water partition coefficient (Wildman–Crippen LogP) is 8.59. The van der Waals surface area contributed by atoms with E-state index in [9.17, 15) is 0 Å². The largest absolute Gasteiger partial charge is 0.466 e. The van der Waals surface area contributed by atoms with E-state index in [2.05, 4.69) is 67.4 Å². The topological polar surface area (TPSA) is 71.3 Å². The van der Waals surface area contributed by atoms with Crippen LogP contribution in [0, 0.1) is 0 Å². The molecule has 0 saturated heterocycles. The fourth-order valence-electron chi connectivity index (χ4n) is 9.37. The molecule has 0 spiro atoms. The molecule has 0 unspecified atom stereocenters. The molecule has 240 valence electrons. The number of rotatable bonds is 8. The van der Waals surface area contributed by atoms with Crippen LogP contribution in [-0.4, -0.2) is 45.5 Å². The lowest BCUT2D eigenvalue weighted by Crippen LogP contribution is -2.65. The highest BCUT2D eigenvalue weighted by atomic mass is 15.6. The van der Waals surface area contributed by atoms with Crippen molar-refractivity contribution in [2.45, 2.75) is 152 Å². The number of hydrogen-bond acceptors (Lipinski definition) is 4. The third-order valence-electron chi connectivity index (χ3n) is 12.0. The second-order valence-corrected chi connectivity index (χ2v) is 14.9. The third kappa shape index (κ3) is 5.63. The summed E-state index contributed by atoms with van der Waals surface area (Å²) in [5.41, 5.74) is 4.83. The summed E-state index contributed by atoms with van der Waals surface area (Å²) in [6, 6.07) is 9.09. The van der Waals surface area contributed by atoms with E-state index >= 15 is 0 Å². The molecule has 45 heavy (non-hydrogen) atoms. The summed E-state index contributed by atoms with van der Waals surface area (Å²) < 4.78 is 8.77. The van der Waals surface area contributed by atoms with E-state index in [1.165, 1.54) is 151 Å². The van der Waals surface area contributed by atoms with Crippen LogP contribution in [0.1, 0.15) is 175 Å². The van der Waals surface area contributed by atoms with Crippen LogP contribution in [0.15, 0.2) is 49.1 Å². The third-order valence-corrected chi connectivity index (χ3v) is 12.0. The van der Waals surface area contributed by atoms with E-state index in [4.69, 9.17) is 20.4 Å². The van der Waals surface area contributed by atoms with Crippen molar-refractivity contribution >= 4 is 6.69 Å². The fraction of sp³-hybridized carbons (Fsp3) is 0.667. The minimum atomic E-state index is -2.03. The van der Waals surface area contributed by atoms with Gasteiger partial charge >= 0.3 is 6.69 Å². The molecular formula is C36H52BN8-. The Morgan fingerprint density at radius 2 is 0.578 bits per heavy atom. The molecule has 4 aromatic heterocycles. The van der Waals surface area contributed by atoms with Gasteiger partial charge in [0.25, 0.3) is 0 Å². The Morgan fingerprint density at radius 1 is 0.356 bits per heavy atom. The molecule has 0 N–H and O–H groups in total. The molecule has 9 heteroatoms. The molecule has 8 nitrogen and oxygen atoms in total. The van der Waals surface area contributed by atoms with Gasteiger partial charge < -0.3 is 18.4 Å². The smallest absolute Gasteiger partial charge is 0.379 e. The summed E-state index contributed by atoms with van der Waals surface area (Å²) in [7, 11) is 0. The standard InChI is InChI=1S/C36H52BN8/c1-5-13-29(14-6-1)33-21-25-42(38-33)37(43-26-22-34(39-43)30-15-7-2-8-16-30,44-27-23-35(40-44)31-17-9-3-10-18-31)45-28-24-36(41-45)32-19-11-4-12-20-32/h21-32H,1-20H2/q-1. The minimum absolute atomic E-state index is 0.523. The molecule has 4 heterocycles. The molecule has 4 aliphatic rings. The van der Waals surface area contributed by atoms with Gasteiger partial charge in [-0.1, -0.05) is 77.0 Å². The van der Waals surface area contributed by atoms with Crippen LogP contribution in [0.25, 0.3) is 0 Å². The molecule has 4 saturated carbocycles. The van der Waals surface area contributed by atoms with Crippen molar-refractivity contribution in [1.82, 2.24) is 38.8 Å². The lowest BCUT2D eigenvalue weighted by Gasteiger charge is -2.42. The summed E-state index contributed by atoms with van der Waals surface area (Å²) in [4.78, 5) is 0. The van der Waals surface area contributed by atoms with Crippen LogP contribution < -0.4 is 0 Å². The molecule has 4 aromatic rings. The lowest BCUT2D eigenvalue weighted by atomic mass is 9.75. The first kappa shape index (κ1) is 29.3. The Bertz CT molecular complexity index is 1290. The van der Waals surface area contributed by atoms with Crippen molar-refractivity contribution in [1.29, 1.82) is 0 Å². The highest BCUT2D eigenvalue weighted by molar-refractivity contribution is 6.72. The van der Waals surface area contributed by atoms with E-state index in [0.717, 1.165) is 0 Å². The molecule has 0 aromatic carbocycles. The van der Waals surface area contributed by atoms with Crippen molar-refractivity contribution in [2.24, 2.45) is 0 Å². The number of nitrogens with zero attached hydrogens (tertiary/aromatic N) is 8. The monoisotopic (exact) mass is 607 g/mol. The highest BCUT2D eigenvalue weighted by Gasteiger charge is 2.41. The first-order valence-electron chi connectivity index (χ1n) is 18.7. The molecule has 0 bridgehead atoms. The van der Waals surface area contributed by atoms with E-state index in [1.807, 2.05) is 0 Å². The van der Waals surface area contributed by atoms with Crippen LogP contribution in [0.4, 0.5) is 0 Å². The van der Waals surface area contributed by atoms with Crippen molar-refractivity contribution in [3.8, 4) is 0 Å². The summed E-state index contributed by atoms with van der Waals surface area (Å²) in [6.45, 7) is -2.03. The molecule has 4 aliphatic carbocycles. The van der Waals surface area contributed by atoms with Gasteiger partial charge in [0.15, 0.2) is 0 Å². The Labute approximate surface area is 269 Å². The van der Waals surface area contributed by atoms with Gasteiger partial charge in [-0.2, -0.15) is 0 Å². The predicted molar refractivity (Wildman–Crippen MR) is 180 cm³/mol. The van der Waals surface area contributed by atoms with Gasteiger partial charge in [0, 0.05) is 23.7 Å². The van der Waals surface area contributed by atoms with Crippen LogP contribution >= 0.6 is 0 Å². The molecule has 0 atom stereocenters. The minimum Gasteiger partial charge on any atom is -0.379 e. The average molecular weight is 608 g/mol. The summed E-state index contributed by atoms with van der Waals surface area (Å²) in [6.07, 6.45) is 34.4. The molecule has 4 fully saturated rings. The Balaban J connectivity index is 1.29. The maximum atomic E-state index is 5.46. The first-order chi connectivity index (χ1) is 22.3. The van der Waals surface area contributed by atoms with Crippen molar-refractivity contribution in [2.75, 3.05) is 0 Å². The van der Waals surface area contributed by atoms with Gasteiger partial charge in [-0.25, -0.2) is 20.4 Å². The van der Waals surface area contributed by atoms with E-state index in [1.54, 1.807) is 0 Å². The normalized spacial score (nSPS) is 21.9. The number of aromatic nitrogens is 8. The Hall–Kier alpha value is -3.10. The summed E-state index contributed by atoms with van der Waals surface area (Å²) in [5.74, 6) is 2.09. The van der Waals surface area contributed by atoms with Crippen LogP contribution in [0.3, 0.4) is 0 Å². The second kappa shape index (κ2) is 13.0. The maximum absolute atomic E-state index is 5.46. The van der Waals surface area contributed by atoms with Gasteiger partial charge in [-0.05, 0) is 100 Å². The first-order valence-corrected chi connectivity index (χ1v) is 18.7. The van der Waals surface area contributed by atoms with Gasteiger partial charge in [-0.15, -0.1) is 0 Å². The molecule has 0 radical (unpaired) electrons. The van der Waals surface area contributed by atoms with Gasteiger partial charge in [0.2, 0.25) is 0 Å². The SMILES string of the molecule is c1cn([B-](n2ccc(C3CCCCC3)n2)(n2ccc(C3CCCCC3)n2)n2ccc(C3CCCCC3)n2)nc1C1CCCCC1. The van der Waals surface area contributed by atoms with E-state index < -0.39 is 6.69 Å². The van der Waals surface area contributed by atoms with Gasteiger partial charge in [0.1, 0.15) is 0 Å². The van der Waals surface area contributed by atoms with Crippen molar-refractivity contribution in [3.63, 3.8) is 0 Å². The Kier molecular flexibility index (Phi) is 8.44. The second-order valence-electron chi connectivity index (χ2n) is 14.9. The lowest BCUT2D eigenvalue weighted by molar-refractivity contribution is 0.430. The zero-order valence-electron chi connectivity index (χ0n) is 27.2. The Morgan fingerprint density at radius 3 is 0.800 bits per heavy atom. The van der Waals surface area contributed by atoms with Crippen molar-refractivity contribution < 1.29 is 0 Å². The molecule has 0 aliphatic heterocycles. The molecular weight excluding hydrogens is 555 g/mol. The quantitative estimate of drug-likeness (QED) is 0.188. The molecule has 0 amide bonds. The summed E-state index contributed by atoms with van der Waals surface area (Å²) in [5, 5.41) is 21.9. The van der Waals surface area contributed by atoms with Crippen molar-refractivity contribution in [3.05, 3.63) is 71.8 Å². The van der Waals surface area contributed by atoms with E-state index in [0.29, 0.717) is 23.7 Å². The van der Waals surface area contributed by atoms with Gasteiger partial charge in [0.05, 0.1) is 22.8 Å². The highest BCUT2D eigenvalue weighted by Crippen LogP contribution is 2.36. The van der Waals surface area contributed by atoms with Crippen LogP contribution in [-0.2, 0) is 0 Å². The zero-order valence-corrected chi connectivity index (χ0v) is 27.2. The zero-order chi connectivity index (χ0) is 30.1. The van der Waals surface area contributed by atoms with Crippen LogP contribution in [0.5, 0.6) is 0 Å². The molecule has 8 rings (SSSR count). The van der Waals surface area contributed by atoms with Crippen LogP contribution in [0.2, 0.25) is 0 Å². The van der Waals surface area contributed by atoms with Gasteiger partial charge in [-0.3, -0.25) is 0 Å². The van der Waals surface area contributed by atoms with E-state index in [-0.39, 0.29) is 0 Å². The average Bonchev–Trinajstić information content (AvgIpc) is 3.96. The number of hydrogen-bond donors (Lipinski definition) is 0. The fourth-order valence-corrected chi connectivity index (χ4v) is 9.37.